The van der Waals surface area contributed by atoms with E-state index in [9.17, 15) is 33.1 Å². The number of halogens is 3. The van der Waals surface area contributed by atoms with E-state index in [0.717, 1.165) is 12.1 Å². The van der Waals surface area contributed by atoms with E-state index in [-0.39, 0.29) is 16.5 Å². The van der Waals surface area contributed by atoms with E-state index in [4.69, 9.17) is 5.11 Å². The first-order valence-corrected chi connectivity index (χ1v) is 8.77. The Morgan fingerprint density at radius 2 is 1.77 bits per heavy atom. The Hall–Kier alpha value is -4.13. The Morgan fingerprint density at radius 3 is 2.35 bits per heavy atom. The van der Waals surface area contributed by atoms with Crippen LogP contribution in [-0.4, -0.2) is 33.3 Å². The van der Waals surface area contributed by atoms with Gasteiger partial charge in [-0.25, -0.2) is 4.98 Å². The Labute approximate surface area is 172 Å². The molecule has 0 radical (unpaired) electrons. The number of aliphatic carboxylic acids is 1. The second-order valence-electron chi connectivity index (χ2n) is 6.39. The zero-order valence-electron chi connectivity index (χ0n) is 15.6. The minimum Gasteiger partial charge on any atom is -0.504 e. The second-order valence-corrected chi connectivity index (χ2v) is 6.39. The number of pyridine rings is 1. The van der Waals surface area contributed by atoms with Crippen molar-refractivity contribution in [3.8, 4) is 28.7 Å². The van der Waals surface area contributed by atoms with Gasteiger partial charge < -0.3 is 14.9 Å². The van der Waals surface area contributed by atoms with Crippen molar-refractivity contribution < 1.29 is 37.7 Å². The van der Waals surface area contributed by atoms with E-state index >= 15 is 0 Å². The minimum atomic E-state index is -4.84. The van der Waals surface area contributed by atoms with Crippen LogP contribution >= 0.6 is 0 Å². The van der Waals surface area contributed by atoms with Crippen LogP contribution < -0.4 is 4.74 Å². The van der Waals surface area contributed by atoms with Gasteiger partial charge in [0.15, 0.2) is 11.5 Å². The maximum absolute atomic E-state index is 12.4. The van der Waals surface area contributed by atoms with Crippen LogP contribution in [0.1, 0.15) is 28.9 Å². The lowest BCUT2D eigenvalue weighted by atomic mass is 9.97. The summed E-state index contributed by atoms with van der Waals surface area (Å²) in [6, 6.07) is 11.4. The van der Waals surface area contributed by atoms with Gasteiger partial charge in [-0.2, -0.15) is 5.26 Å². The number of ketones is 1. The highest BCUT2D eigenvalue weighted by Crippen LogP contribution is 2.35. The van der Waals surface area contributed by atoms with Crippen LogP contribution in [0.3, 0.4) is 0 Å². The summed E-state index contributed by atoms with van der Waals surface area (Å²) in [5.74, 6) is -3.06. The predicted molar refractivity (Wildman–Crippen MR) is 101 cm³/mol. The number of fused-ring (bicyclic) bond motifs is 1. The van der Waals surface area contributed by atoms with Gasteiger partial charge in [0.1, 0.15) is 23.1 Å². The number of Topliss-reactive ketones (excluding diaryl/α,β-unsaturated/α-hetero) is 1. The van der Waals surface area contributed by atoms with Crippen LogP contribution in [0.25, 0.3) is 22.0 Å². The zero-order chi connectivity index (χ0) is 22.8. The van der Waals surface area contributed by atoms with Crippen molar-refractivity contribution in [2.24, 2.45) is 0 Å². The number of aromatic hydroxyl groups is 1. The summed E-state index contributed by atoms with van der Waals surface area (Å²) in [4.78, 5) is 27.3. The fraction of sp³-hybridized carbons (Fsp3) is 0.143. The average molecular weight is 430 g/mol. The van der Waals surface area contributed by atoms with E-state index < -0.39 is 48.1 Å². The Morgan fingerprint density at radius 1 is 1.10 bits per heavy atom. The van der Waals surface area contributed by atoms with Crippen molar-refractivity contribution in [1.29, 1.82) is 5.26 Å². The first-order valence-electron chi connectivity index (χ1n) is 8.77. The molecule has 0 bridgehead atoms. The topological polar surface area (TPSA) is 121 Å². The van der Waals surface area contributed by atoms with Gasteiger partial charge in [0, 0.05) is 17.4 Å². The molecule has 0 unspecified atom stereocenters. The summed E-state index contributed by atoms with van der Waals surface area (Å²) >= 11 is 0. The van der Waals surface area contributed by atoms with Crippen molar-refractivity contribution in [1.82, 2.24) is 4.98 Å². The van der Waals surface area contributed by atoms with Gasteiger partial charge >= 0.3 is 12.3 Å². The number of nitriles is 1. The Kier molecular flexibility index (Phi) is 5.79. The SMILES string of the molecule is N#Cc1c(O)c(C(=O)CCC(=O)O)nc2c(-c3ccc(OC(F)(F)F)cc3)cccc12. The van der Waals surface area contributed by atoms with Crippen LogP contribution in [-0.2, 0) is 4.79 Å². The Balaban J connectivity index is 2.13. The lowest BCUT2D eigenvalue weighted by Gasteiger charge is -2.12. The summed E-state index contributed by atoms with van der Waals surface area (Å²) in [7, 11) is 0. The summed E-state index contributed by atoms with van der Waals surface area (Å²) in [6.45, 7) is 0. The van der Waals surface area contributed by atoms with Gasteiger partial charge in [0.05, 0.1) is 11.9 Å². The zero-order valence-corrected chi connectivity index (χ0v) is 15.6. The van der Waals surface area contributed by atoms with E-state index in [0.29, 0.717) is 11.1 Å². The molecule has 158 valence electrons. The molecular formula is C21H13F3N2O5. The molecule has 0 spiro atoms. The highest BCUT2D eigenvalue weighted by molar-refractivity contribution is 6.05. The molecule has 3 rings (SSSR count). The lowest BCUT2D eigenvalue weighted by Crippen LogP contribution is -2.16. The monoisotopic (exact) mass is 430 g/mol. The smallest absolute Gasteiger partial charge is 0.504 e. The first kappa shape index (κ1) is 21.6. The molecule has 1 heterocycles. The molecule has 0 aliphatic carbocycles. The fourth-order valence-corrected chi connectivity index (χ4v) is 2.99. The molecule has 2 aromatic carbocycles. The molecule has 0 saturated heterocycles. The van der Waals surface area contributed by atoms with Gasteiger partial charge in [-0.1, -0.05) is 30.3 Å². The molecule has 31 heavy (non-hydrogen) atoms. The number of para-hydroxylation sites is 1. The average Bonchev–Trinajstić information content (AvgIpc) is 2.70. The molecule has 0 aliphatic heterocycles. The molecule has 10 heteroatoms. The van der Waals surface area contributed by atoms with Crippen LogP contribution in [0.5, 0.6) is 11.5 Å². The van der Waals surface area contributed by atoms with E-state index in [2.05, 4.69) is 9.72 Å². The maximum Gasteiger partial charge on any atom is 0.573 e. The number of alkyl halides is 3. The molecule has 0 atom stereocenters. The largest absolute Gasteiger partial charge is 0.573 e. The van der Waals surface area contributed by atoms with E-state index in [1.165, 1.54) is 18.2 Å². The highest BCUT2D eigenvalue weighted by Gasteiger charge is 2.31. The number of benzene rings is 2. The first-order chi connectivity index (χ1) is 14.6. The van der Waals surface area contributed by atoms with E-state index in [1.807, 2.05) is 6.07 Å². The van der Waals surface area contributed by atoms with Crippen molar-refractivity contribution >= 4 is 22.7 Å². The molecule has 0 amide bonds. The number of nitrogens with zero attached hydrogens (tertiary/aromatic N) is 2. The van der Waals surface area contributed by atoms with Crippen LogP contribution in [0.15, 0.2) is 42.5 Å². The molecular weight excluding hydrogens is 417 g/mol. The predicted octanol–water partition coefficient (Wildman–Crippen LogP) is 4.43. The number of aromatic nitrogens is 1. The molecule has 0 fully saturated rings. The number of rotatable bonds is 6. The lowest BCUT2D eigenvalue weighted by molar-refractivity contribution is -0.274. The van der Waals surface area contributed by atoms with Crippen molar-refractivity contribution in [2.75, 3.05) is 0 Å². The summed E-state index contributed by atoms with van der Waals surface area (Å²) < 4.78 is 41.0. The number of carbonyl (C=O) groups excluding carboxylic acids is 1. The minimum absolute atomic E-state index is 0.153. The van der Waals surface area contributed by atoms with Crippen molar-refractivity contribution in [3.05, 3.63) is 53.7 Å². The van der Waals surface area contributed by atoms with Crippen LogP contribution in [0, 0.1) is 11.3 Å². The van der Waals surface area contributed by atoms with Gasteiger partial charge in [-0.3, -0.25) is 9.59 Å². The van der Waals surface area contributed by atoms with Gasteiger partial charge in [0.25, 0.3) is 0 Å². The molecule has 1 aromatic heterocycles. The van der Waals surface area contributed by atoms with Crippen LogP contribution in [0.2, 0.25) is 0 Å². The normalized spacial score (nSPS) is 11.2. The number of ether oxygens (including phenoxy) is 1. The van der Waals surface area contributed by atoms with Crippen LogP contribution in [0.4, 0.5) is 13.2 Å². The molecule has 3 aromatic rings. The second kappa shape index (κ2) is 8.31. The quantitative estimate of drug-likeness (QED) is 0.555. The number of hydrogen-bond acceptors (Lipinski definition) is 6. The third kappa shape index (κ3) is 4.72. The van der Waals surface area contributed by atoms with Gasteiger partial charge in [0.2, 0.25) is 0 Å². The fourth-order valence-electron chi connectivity index (χ4n) is 2.99. The Bertz CT molecular complexity index is 1210. The van der Waals surface area contributed by atoms with Gasteiger partial charge in [-0.15, -0.1) is 13.2 Å². The molecule has 2 N–H and O–H groups in total. The number of carboxylic acid groups (broad SMARTS) is 1. The molecule has 7 nitrogen and oxygen atoms in total. The van der Waals surface area contributed by atoms with E-state index in [1.54, 1.807) is 12.1 Å². The standard InChI is InChI=1S/C21H13F3N2O5/c22-21(23,24)31-12-6-4-11(5-7-12)13-2-1-3-14-15(10-25)20(30)19(26-18(13)14)16(27)8-9-17(28)29/h1-7,30H,8-9H2,(H,28,29). The highest BCUT2D eigenvalue weighted by atomic mass is 19.4. The number of hydrogen-bond donors (Lipinski definition) is 2. The molecule has 0 saturated carbocycles. The van der Waals surface area contributed by atoms with Crippen molar-refractivity contribution in [2.45, 2.75) is 19.2 Å². The third-order valence-corrected chi connectivity index (χ3v) is 4.33. The number of carboxylic acids is 1. The summed E-state index contributed by atoms with van der Waals surface area (Å²) in [6.07, 6.45) is -5.76. The molecule has 0 aliphatic rings. The number of carbonyl (C=O) groups is 2. The maximum atomic E-state index is 12.4. The van der Waals surface area contributed by atoms with Crippen molar-refractivity contribution in [3.63, 3.8) is 0 Å². The summed E-state index contributed by atoms with van der Waals surface area (Å²) in [5, 5.41) is 28.8. The third-order valence-electron chi connectivity index (χ3n) is 4.33. The summed E-state index contributed by atoms with van der Waals surface area (Å²) in [5.41, 5.74) is 0.295. The van der Waals surface area contributed by atoms with Gasteiger partial charge in [-0.05, 0) is 17.7 Å².